The van der Waals surface area contributed by atoms with Crippen LogP contribution in [0.25, 0.3) is 4.96 Å². The molecule has 0 saturated carbocycles. The van der Waals surface area contributed by atoms with E-state index in [1.54, 1.807) is 4.88 Å². The molecule has 0 N–H and O–H groups in total. The van der Waals surface area contributed by atoms with Gasteiger partial charge in [-0.3, -0.25) is 4.40 Å². The number of hydrogen-bond donors (Lipinski definition) is 0. The van der Waals surface area contributed by atoms with Crippen molar-refractivity contribution in [2.45, 2.75) is 51.9 Å². The lowest BCUT2D eigenvalue weighted by Gasteiger charge is -2.10. The van der Waals surface area contributed by atoms with Gasteiger partial charge in [-0.1, -0.05) is 13.8 Å². The maximum atomic E-state index is 4.77. The van der Waals surface area contributed by atoms with Crippen molar-refractivity contribution in [1.82, 2.24) is 9.38 Å². The Labute approximate surface area is 100 Å². The van der Waals surface area contributed by atoms with E-state index in [-0.39, 0.29) is 0 Å². The topological polar surface area (TPSA) is 17.3 Å². The van der Waals surface area contributed by atoms with Crippen molar-refractivity contribution in [1.29, 1.82) is 0 Å². The van der Waals surface area contributed by atoms with Crippen molar-refractivity contribution in [2.24, 2.45) is 0 Å². The summed E-state index contributed by atoms with van der Waals surface area (Å²) in [7, 11) is 0. The highest BCUT2D eigenvalue weighted by Gasteiger charge is 2.18. The van der Waals surface area contributed by atoms with Crippen molar-refractivity contribution in [3.63, 3.8) is 0 Å². The third-order valence-corrected chi connectivity index (χ3v) is 4.86. The molecule has 2 aromatic rings. The van der Waals surface area contributed by atoms with E-state index >= 15 is 0 Å². The molecule has 86 valence electrons. The summed E-state index contributed by atoms with van der Waals surface area (Å²) in [5.74, 6) is 0.589. The highest BCUT2D eigenvalue weighted by molar-refractivity contribution is 7.17. The summed E-state index contributed by atoms with van der Waals surface area (Å²) in [4.78, 5) is 7.55. The van der Waals surface area contributed by atoms with E-state index in [4.69, 9.17) is 4.98 Å². The summed E-state index contributed by atoms with van der Waals surface area (Å²) >= 11 is 1.90. The van der Waals surface area contributed by atoms with Gasteiger partial charge in [0.15, 0.2) is 4.96 Å². The zero-order valence-electron chi connectivity index (χ0n) is 9.99. The molecule has 0 bridgehead atoms. The van der Waals surface area contributed by atoms with Gasteiger partial charge >= 0.3 is 0 Å². The lowest BCUT2D eigenvalue weighted by Crippen LogP contribution is -2.02. The van der Waals surface area contributed by atoms with E-state index in [0.29, 0.717) is 5.92 Å². The molecule has 2 nitrogen and oxygen atoms in total. The summed E-state index contributed by atoms with van der Waals surface area (Å²) in [5.41, 5.74) is 2.80. The molecule has 1 aliphatic carbocycles. The highest BCUT2D eigenvalue weighted by atomic mass is 32.1. The second kappa shape index (κ2) is 3.88. The minimum Gasteiger partial charge on any atom is -0.294 e. The molecule has 16 heavy (non-hydrogen) atoms. The predicted molar refractivity (Wildman–Crippen MR) is 68.4 cm³/mol. The van der Waals surface area contributed by atoms with Gasteiger partial charge < -0.3 is 0 Å². The molecule has 3 heteroatoms. The number of nitrogens with zero attached hydrogens (tertiary/aromatic N) is 2. The minimum absolute atomic E-state index is 0.589. The lowest BCUT2D eigenvalue weighted by molar-refractivity contribution is 0.672. The molecule has 3 rings (SSSR count). The molecule has 1 aliphatic rings. The standard InChI is InChI=1S/C13H18N2S/c1-3-9(2)10-8-15-11-6-4-5-7-12(11)16-13(15)14-10/h8-9H,3-7H2,1-2H3. The van der Waals surface area contributed by atoms with E-state index < -0.39 is 0 Å². The van der Waals surface area contributed by atoms with Gasteiger partial charge in [0.1, 0.15) is 0 Å². The third kappa shape index (κ3) is 1.49. The Bertz CT molecular complexity index is 509. The van der Waals surface area contributed by atoms with Gasteiger partial charge in [-0.2, -0.15) is 0 Å². The van der Waals surface area contributed by atoms with E-state index in [1.165, 1.54) is 48.5 Å². The molecule has 0 aromatic carbocycles. The summed E-state index contributed by atoms with van der Waals surface area (Å²) in [6, 6.07) is 0. The summed E-state index contributed by atoms with van der Waals surface area (Å²) in [6.45, 7) is 4.49. The molecule has 0 radical (unpaired) electrons. The van der Waals surface area contributed by atoms with Crippen molar-refractivity contribution in [2.75, 3.05) is 0 Å². The van der Waals surface area contributed by atoms with Gasteiger partial charge in [-0.15, -0.1) is 11.3 Å². The first-order valence-corrected chi connectivity index (χ1v) is 7.10. The molecule has 0 fully saturated rings. The number of hydrogen-bond acceptors (Lipinski definition) is 2. The molecular weight excluding hydrogens is 216 g/mol. The van der Waals surface area contributed by atoms with Gasteiger partial charge in [-0.05, 0) is 38.0 Å². The Kier molecular flexibility index (Phi) is 2.51. The smallest absolute Gasteiger partial charge is 0.194 e. The average Bonchev–Trinajstić information content (AvgIpc) is 2.85. The van der Waals surface area contributed by atoms with Crippen LogP contribution in [0.1, 0.15) is 55.3 Å². The zero-order valence-corrected chi connectivity index (χ0v) is 10.8. The van der Waals surface area contributed by atoms with Gasteiger partial charge in [0, 0.05) is 16.8 Å². The van der Waals surface area contributed by atoms with Crippen molar-refractivity contribution in [3.05, 3.63) is 22.5 Å². The first-order chi connectivity index (χ1) is 7.79. The van der Waals surface area contributed by atoms with Crippen LogP contribution < -0.4 is 0 Å². The highest BCUT2D eigenvalue weighted by Crippen LogP contribution is 2.31. The van der Waals surface area contributed by atoms with Crippen LogP contribution in [-0.2, 0) is 12.8 Å². The van der Waals surface area contributed by atoms with E-state index in [2.05, 4.69) is 24.4 Å². The molecule has 0 saturated heterocycles. The monoisotopic (exact) mass is 234 g/mol. The fourth-order valence-corrected chi connectivity index (χ4v) is 3.63. The lowest BCUT2D eigenvalue weighted by atomic mass is 10.0. The number of thiazole rings is 1. The molecule has 0 spiro atoms. The number of imidazole rings is 1. The van der Waals surface area contributed by atoms with Crippen molar-refractivity contribution < 1.29 is 0 Å². The second-order valence-electron chi connectivity index (χ2n) is 4.81. The van der Waals surface area contributed by atoms with Gasteiger partial charge in [-0.25, -0.2) is 4.98 Å². The zero-order chi connectivity index (χ0) is 11.1. The van der Waals surface area contributed by atoms with Crippen LogP contribution in [0.5, 0.6) is 0 Å². The maximum absolute atomic E-state index is 4.77. The summed E-state index contributed by atoms with van der Waals surface area (Å²) < 4.78 is 2.35. The predicted octanol–water partition coefficient (Wildman–Crippen LogP) is 3.79. The quantitative estimate of drug-likeness (QED) is 0.773. The molecule has 0 amide bonds. The van der Waals surface area contributed by atoms with Crippen LogP contribution in [0.2, 0.25) is 0 Å². The van der Waals surface area contributed by atoms with E-state index in [1.807, 2.05) is 11.3 Å². The van der Waals surface area contributed by atoms with Crippen molar-refractivity contribution >= 4 is 16.3 Å². The van der Waals surface area contributed by atoms with Crippen LogP contribution in [0.15, 0.2) is 6.20 Å². The second-order valence-corrected chi connectivity index (χ2v) is 5.87. The van der Waals surface area contributed by atoms with Crippen LogP contribution in [-0.4, -0.2) is 9.38 Å². The number of aromatic nitrogens is 2. The number of fused-ring (bicyclic) bond motifs is 3. The van der Waals surface area contributed by atoms with Crippen LogP contribution in [0, 0.1) is 0 Å². The number of aryl methyl sites for hydroxylation is 2. The molecular formula is C13H18N2S. The Morgan fingerprint density at radius 3 is 3.06 bits per heavy atom. The Morgan fingerprint density at radius 2 is 2.25 bits per heavy atom. The summed E-state index contributed by atoms with van der Waals surface area (Å²) in [5, 5.41) is 0. The SMILES string of the molecule is CCC(C)c1cn2c3c(sc2n1)CCCC3. The Hall–Kier alpha value is -0.830. The Morgan fingerprint density at radius 1 is 1.44 bits per heavy atom. The average molecular weight is 234 g/mol. The molecule has 0 aliphatic heterocycles. The molecule has 1 unspecified atom stereocenters. The Balaban J connectivity index is 2.09. The van der Waals surface area contributed by atoms with Crippen LogP contribution in [0.4, 0.5) is 0 Å². The molecule has 2 heterocycles. The van der Waals surface area contributed by atoms with Crippen molar-refractivity contribution in [3.8, 4) is 0 Å². The van der Waals surface area contributed by atoms with Crippen LogP contribution >= 0.6 is 11.3 Å². The normalized spacial score (nSPS) is 17.6. The maximum Gasteiger partial charge on any atom is 0.194 e. The van der Waals surface area contributed by atoms with E-state index in [9.17, 15) is 0 Å². The number of rotatable bonds is 2. The fraction of sp³-hybridized carbons (Fsp3) is 0.615. The van der Waals surface area contributed by atoms with E-state index in [0.717, 1.165) is 0 Å². The minimum atomic E-state index is 0.589. The molecule has 1 atom stereocenters. The molecule has 2 aromatic heterocycles. The van der Waals surface area contributed by atoms with Gasteiger partial charge in [0.2, 0.25) is 0 Å². The first kappa shape index (κ1) is 10.3. The third-order valence-electron chi connectivity index (χ3n) is 3.70. The largest absolute Gasteiger partial charge is 0.294 e. The summed E-state index contributed by atoms with van der Waals surface area (Å²) in [6.07, 6.45) is 8.65. The van der Waals surface area contributed by atoms with Gasteiger partial charge in [0.05, 0.1) is 5.69 Å². The van der Waals surface area contributed by atoms with Gasteiger partial charge in [0.25, 0.3) is 0 Å². The fourth-order valence-electron chi connectivity index (χ4n) is 2.43. The first-order valence-electron chi connectivity index (χ1n) is 6.29. The van der Waals surface area contributed by atoms with Crippen LogP contribution in [0.3, 0.4) is 0 Å².